The van der Waals surface area contributed by atoms with Gasteiger partial charge in [-0.1, -0.05) is 17.7 Å². The predicted molar refractivity (Wildman–Crippen MR) is 95.5 cm³/mol. The molecule has 26 heavy (non-hydrogen) atoms. The number of nitro groups is 1. The minimum Gasteiger partial charge on any atom is -0.452 e. The highest BCUT2D eigenvalue weighted by Crippen LogP contribution is 2.27. The van der Waals surface area contributed by atoms with E-state index in [1.165, 1.54) is 23.8 Å². The Hall–Kier alpha value is -2.93. The van der Waals surface area contributed by atoms with Crippen molar-refractivity contribution in [2.45, 2.75) is 19.3 Å². The zero-order valence-corrected chi connectivity index (χ0v) is 14.4. The van der Waals surface area contributed by atoms with Gasteiger partial charge in [0.15, 0.2) is 6.61 Å². The lowest BCUT2D eigenvalue weighted by Crippen LogP contribution is -2.21. The highest BCUT2D eigenvalue weighted by atomic mass is 35.5. The van der Waals surface area contributed by atoms with Crippen LogP contribution in [0.1, 0.15) is 27.9 Å². The van der Waals surface area contributed by atoms with E-state index in [1.807, 2.05) is 6.07 Å². The third kappa shape index (κ3) is 4.00. The van der Waals surface area contributed by atoms with Gasteiger partial charge >= 0.3 is 5.97 Å². The summed E-state index contributed by atoms with van der Waals surface area (Å²) < 4.78 is 5.00. The van der Waals surface area contributed by atoms with Crippen LogP contribution in [0.15, 0.2) is 36.4 Å². The first-order valence-corrected chi connectivity index (χ1v) is 8.34. The maximum atomic E-state index is 12.1. The van der Waals surface area contributed by atoms with Gasteiger partial charge in [-0.2, -0.15) is 0 Å². The first-order chi connectivity index (χ1) is 12.4. The average Bonchev–Trinajstić information content (AvgIpc) is 3.07. The lowest BCUT2D eigenvalue weighted by Gasteiger charge is -2.08. The smallest absolute Gasteiger partial charge is 0.338 e. The van der Waals surface area contributed by atoms with Gasteiger partial charge in [0.05, 0.1) is 10.5 Å². The number of nitrogens with zero attached hydrogens (tertiary/aromatic N) is 1. The number of aryl methyl sites for hydroxylation is 2. The van der Waals surface area contributed by atoms with Crippen molar-refractivity contribution in [2.24, 2.45) is 0 Å². The molecular formula is C18H15ClN2O5. The second-order valence-corrected chi connectivity index (χ2v) is 6.32. The van der Waals surface area contributed by atoms with Crippen LogP contribution < -0.4 is 5.32 Å². The van der Waals surface area contributed by atoms with Crippen LogP contribution in [-0.2, 0) is 22.4 Å². The van der Waals surface area contributed by atoms with Crippen LogP contribution in [0.5, 0.6) is 0 Å². The number of hydrogen-bond donors (Lipinski definition) is 1. The summed E-state index contributed by atoms with van der Waals surface area (Å²) in [5.74, 6) is -1.31. The summed E-state index contributed by atoms with van der Waals surface area (Å²) in [6.07, 6.45) is 3.00. The number of nitro benzene ring substituents is 1. The summed E-state index contributed by atoms with van der Waals surface area (Å²) in [6.45, 7) is -0.556. The molecule has 134 valence electrons. The van der Waals surface area contributed by atoms with Gasteiger partial charge in [-0.05, 0) is 54.7 Å². The molecule has 3 rings (SSSR count). The summed E-state index contributed by atoms with van der Waals surface area (Å²) >= 11 is 5.80. The monoisotopic (exact) mass is 374 g/mol. The highest BCUT2D eigenvalue weighted by molar-refractivity contribution is 6.31. The predicted octanol–water partition coefficient (Wildman–Crippen LogP) is 3.53. The fourth-order valence-corrected chi connectivity index (χ4v) is 3.04. The van der Waals surface area contributed by atoms with E-state index >= 15 is 0 Å². The second-order valence-electron chi connectivity index (χ2n) is 5.88. The van der Waals surface area contributed by atoms with E-state index in [-0.39, 0.29) is 16.4 Å². The molecule has 8 heteroatoms. The zero-order valence-electron chi connectivity index (χ0n) is 13.7. The van der Waals surface area contributed by atoms with Crippen LogP contribution in [-0.4, -0.2) is 23.4 Å². The number of amides is 1. The Morgan fingerprint density at radius 3 is 2.69 bits per heavy atom. The van der Waals surface area contributed by atoms with Gasteiger partial charge in [-0.25, -0.2) is 4.79 Å². The fraction of sp³-hybridized carbons (Fsp3) is 0.222. The fourth-order valence-electron chi connectivity index (χ4n) is 2.87. The van der Waals surface area contributed by atoms with Crippen molar-refractivity contribution in [3.8, 4) is 0 Å². The SMILES string of the molecule is O=C(COC(=O)c1ccc2c(c1)CCC2)Nc1cc(Cl)ccc1[N+](=O)[O-]. The Bertz CT molecular complexity index is 897. The molecule has 1 N–H and O–H groups in total. The summed E-state index contributed by atoms with van der Waals surface area (Å²) in [5, 5.41) is 13.6. The molecule has 0 heterocycles. The van der Waals surface area contributed by atoms with Crippen LogP contribution in [0.25, 0.3) is 0 Å². The number of halogens is 1. The Balaban J connectivity index is 1.62. The number of benzene rings is 2. The molecule has 2 aromatic rings. The molecule has 0 spiro atoms. The molecule has 0 aliphatic heterocycles. The summed E-state index contributed by atoms with van der Waals surface area (Å²) in [4.78, 5) is 34.4. The molecule has 0 bridgehead atoms. The number of carbonyl (C=O) groups is 2. The molecule has 2 aromatic carbocycles. The third-order valence-corrected chi connectivity index (χ3v) is 4.33. The Morgan fingerprint density at radius 1 is 1.15 bits per heavy atom. The minimum absolute atomic E-state index is 0.0546. The lowest BCUT2D eigenvalue weighted by atomic mass is 10.1. The number of hydrogen-bond acceptors (Lipinski definition) is 5. The molecular weight excluding hydrogens is 360 g/mol. The molecule has 0 unspecified atom stereocenters. The maximum Gasteiger partial charge on any atom is 0.338 e. The van der Waals surface area contributed by atoms with Crippen LogP contribution in [0.2, 0.25) is 5.02 Å². The quantitative estimate of drug-likeness (QED) is 0.490. The Labute approximate surface area is 154 Å². The number of nitrogens with one attached hydrogen (secondary N) is 1. The molecule has 0 saturated carbocycles. The summed E-state index contributed by atoms with van der Waals surface area (Å²) in [5.41, 5.74) is 2.38. The molecule has 0 saturated heterocycles. The molecule has 0 fully saturated rings. The Kier molecular flexibility index (Phi) is 5.18. The molecule has 0 radical (unpaired) electrons. The van der Waals surface area contributed by atoms with E-state index in [9.17, 15) is 19.7 Å². The normalized spacial score (nSPS) is 12.3. The number of ether oxygens (including phenoxy) is 1. The minimum atomic E-state index is -0.690. The zero-order chi connectivity index (χ0) is 18.7. The molecule has 7 nitrogen and oxygen atoms in total. The van der Waals surface area contributed by atoms with Crippen molar-refractivity contribution in [1.82, 2.24) is 0 Å². The van der Waals surface area contributed by atoms with Crippen molar-refractivity contribution in [1.29, 1.82) is 0 Å². The number of esters is 1. The van der Waals surface area contributed by atoms with E-state index in [1.54, 1.807) is 12.1 Å². The van der Waals surface area contributed by atoms with Crippen molar-refractivity contribution >= 4 is 34.9 Å². The van der Waals surface area contributed by atoms with Crippen molar-refractivity contribution in [3.63, 3.8) is 0 Å². The van der Waals surface area contributed by atoms with Gasteiger partial charge in [0.25, 0.3) is 11.6 Å². The average molecular weight is 375 g/mol. The number of rotatable bonds is 5. The van der Waals surface area contributed by atoms with E-state index in [0.29, 0.717) is 5.56 Å². The van der Waals surface area contributed by atoms with E-state index in [0.717, 1.165) is 24.8 Å². The largest absolute Gasteiger partial charge is 0.452 e. The number of fused-ring (bicyclic) bond motifs is 1. The van der Waals surface area contributed by atoms with E-state index < -0.39 is 23.4 Å². The van der Waals surface area contributed by atoms with Gasteiger partial charge in [-0.15, -0.1) is 0 Å². The maximum absolute atomic E-state index is 12.1. The van der Waals surface area contributed by atoms with Gasteiger partial charge in [-0.3, -0.25) is 14.9 Å². The summed E-state index contributed by atoms with van der Waals surface area (Å²) in [7, 11) is 0. The van der Waals surface area contributed by atoms with Crippen LogP contribution in [0.4, 0.5) is 11.4 Å². The van der Waals surface area contributed by atoms with Crippen LogP contribution >= 0.6 is 11.6 Å². The number of anilines is 1. The number of carbonyl (C=O) groups excluding carboxylic acids is 2. The van der Waals surface area contributed by atoms with Gasteiger partial charge in [0, 0.05) is 11.1 Å². The first-order valence-electron chi connectivity index (χ1n) is 7.97. The molecule has 0 aromatic heterocycles. The van der Waals surface area contributed by atoms with Gasteiger partial charge < -0.3 is 10.1 Å². The first kappa shape index (κ1) is 17.9. The van der Waals surface area contributed by atoms with E-state index in [4.69, 9.17) is 16.3 Å². The van der Waals surface area contributed by atoms with Gasteiger partial charge in [0.2, 0.25) is 0 Å². The third-order valence-electron chi connectivity index (χ3n) is 4.10. The molecule has 1 aliphatic carbocycles. The Morgan fingerprint density at radius 2 is 1.92 bits per heavy atom. The van der Waals surface area contributed by atoms with Crippen LogP contribution in [0, 0.1) is 10.1 Å². The summed E-state index contributed by atoms with van der Waals surface area (Å²) in [6, 6.07) is 9.16. The van der Waals surface area contributed by atoms with Crippen LogP contribution in [0.3, 0.4) is 0 Å². The van der Waals surface area contributed by atoms with Gasteiger partial charge in [0.1, 0.15) is 5.69 Å². The lowest BCUT2D eigenvalue weighted by molar-refractivity contribution is -0.383. The molecule has 1 aliphatic rings. The van der Waals surface area contributed by atoms with E-state index in [2.05, 4.69) is 5.32 Å². The standard InChI is InChI=1S/C18H15ClN2O5/c19-14-6-7-16(21(24)25)15(9-14)20-17(22)10-26-18(23)13-5-4-11-2-1-3-12(11)8-13/h4-9H,1-3,10H2,(H,20,22). The van der Waals surface area contributed by atoms with Crippen molar-refractivity contribution in [3.05, 3.63) is 68.2 Å². The topological polar surface area (TPSA) is 98.5 Å². The van der Waals surface area contributed by atoms with Crippen molar-refractivity contribution in [2.75, 3.05) is 11.9 Å². The second kappa shape index (κ2) is 7.53. The molecule has 0 atom stereocenters. The van der Waals surface area contributed by atoms with Crippen molar-refractivity contribution < 1.29 is 19.2 Å². The highest BCUT2D eigenvalue weighted by Gasteiger charge is 2.18. The molecule has 1 amide bonds.